The van der Waals surface area contributed by atoms with Crippen molar-refractivity contribution in [2.24, 2.45) is 11.3 Å². The number of hydrogen-bond donors (Lipinski definition) is 4. The Hall–Kier alpha value is -6.61. The average molecular weight is 1060 g/mol. The molecule has 2 aliphatic carbocycles. The number of aliphatic hydroxyl groups is 1. The minimum atomic E-state index is -1.51. The maximum atomic E-state index is 15.9. The molecule has 2 aliphatic heterocycles. The van der Waals surface area contributed by atoms with Gasteiger partial charge in [0.2, 0.25) is 24.0 Å². The lowest BCUT2D eigenvalue weighted by atomic mass is 9.85. The summed E-state index contributed by atoms with van der Waals surface area (Å²) in [6.45, 7) is 10.4. The molecule has 4 unspecified atom stereocenters. The van der Waals surface area contributed by atoms with E-state index in [1.807, 2.05) is 13.8 Å². The number of thiophene rings is 1. The van der Waals surface area contributed by atoms with E-state index in [4.69, 9.17) is 24.3 Å². The molecule has 0 spiro atoms. The van der Waals surface area contributed by atoms with Crippen molar-refractivity contribution in [3.63, 3.8) is 0 Å². The first kappa shape index (κ1) is 52.3. The van der Waals surface area contributed by atoms with Gasteiger partial charge in [-0.1, -0.05) is 19.0 Å². The number of likely N-dealkylation sites (tertiary alicyclic amines) is 2. The van der Waals surface area contributed by atoms with Crippen LogP contribution in [0.2, 0.25) is 0 Å². The van der Waals surface area contributed by atoms with Gasteiger partial charge in [0, 0.05) is 66.4 Å². The van der Waals surface area contributed by atoms with Crippen LogP contribution in [0.3, 0.4) is 0 Å². The minimum absolute atomic E-state index is 0.0500. The Morgan fingerprint density at radius 1 is 1.08 bits per heavy atom. The third-order valence-corrected chi connectivity index (χ3v) is 16.4. The number of nitrogen functional groups attached to an aromatic ring is 1. The van der Waals surface area contributed by atoms with Gasteiger partial charge in [-0.15, -0.1) is 22.7 Å². The Kier molecular flexibility index (Phi) is 15.6. The molecule has 392 valence electrons. The molecule has 0 bridgehead atoms. The standard InChI is InChI=1S/C38H46FN9O6S.C13H13FN2O2S/c1-22(2)30(35(50)48-13-7-23(49)18-48)27-16-29(45-53-27)51-21-38(39)10-14-47(15-11-38)19-37(8-9-37)20-52-36-42-12-6-26(43-36)33-44-34(54-46-33)24-4-3-5-28-31(24)25(17-40)32(41)55-28;1-7(15-5-17)9-3-11(14)10(4-12(9)18)13-8(2)16-6-19-13/h6,12,16,22-24,30,49H,3-5,7-11,13-15,18-21,41H2,1-2H3;3-7,18H,1-2H3,(H,15,17). The number of carbonyl (C=O) groups is 2. The molecule has 5 N–H and O–H groups in total. The number of rotatable bonds is 17. The second-order valence-electron chi connectivity index (χ2n) is 20.1. The minimum Gasteiger partial charge on any atom is -0.508 e. The molecule has 4 aliphatic rings. The molecule has 6 aromatic rings. The van der Waals surface area contributed by atoms with Crippen LogP contribution in [0.4, 0.5) is 13.8 Å². The summed E-state index contributed by atoms with van der Waals surface area (Å²) in [4.78, 5) is 46.9. The van der Waals surface area contributed by atoms with Crippen molar-refractivity contribution >= 4 is 40.0 Å². The molecule has 3 fully saturated rings. The van der Waals surface area contributed by atoms with Gasteiger partial charge in [0.25, 0.3) is 5.88 Å². The van der Waals surface area contributed by atoms with E-state index in [9.17, 15) is 29.5 Å². The van der Waals surface area contributed by atoms with E-state index in [1.165, 1.54) is 34.8 Å². The number of fused-ring (bicyclic) bond motifs is 1. The number of aryl methyl sites for hydroxylation is 2. The Morgan fingerprint density at radius 3 is 2.57 bits per heavy atom. The molecule has 4 atom stereocenters. The number of phenolic OH excluding ortho intramolecular Hbond substituents is 1. The Bertz CT molecular complexity index is 3000. The van der Waals surface area contributed by atoms with Crippen molar-refractivity contribution in [3.8, 4) is 45.7 Å². The highest BCUT2D eigenvalue weighted by atomic mass is 32.1. The molecule has 19 nitrogen and oxygen atoms in total. The molecule has 2 saturated heterocycles. The molecule has 7 heterocycles. The summed E-state index contributed by atoms with van der Waals surface area (Å²) in [5, 5.41) is 40.8. The summed E-state index contributed by atoms with van der Waals surface area (Å²) >= 11 is 2.78. The molecular weight excluding hydrogens is 997 g/mol. The third-order valence-electron chi connectivity index (χ3n) is 14.4. The number of nitrogens with two attached hydrogens (primary N) is 1. The van der Waals surface area contributed by atoms with Crippen LogP contribution >= 0.6 is 22.7 Å². The van der Waals surface area contributed by atoms with Gasteiger partial charge in [0.1, 0.15) is 46.5 Å². The molecule has 5 aromatic heterocycles. The van der Waals surface area contributed by atoms with E-state index in [2.05, 4.69) is 46.5 Å². The number of piperidine rings is 1. The molecule has 1 saturated carbocycles. The number of carbonyl (C=O) groups excluding carboxylic acids is 2. The molecule has 10 rings (SSSR count). The van der Waals surface area contributed by atoms with E-state index in [0.717, 1.165) is 54.8 Å². The second kappa shape index (κ2) is 22.1. The van der Waals surface area contributed by atoms with Gasteiger partial charge < -0.3 is 49.6 Å². The fourth-order valence-electron chi connectivity index (χ4n) is 9.94. The number of nitrogens with zero attached hydrogens (tertiary/aromatic N) is 9. The number of aromatic nitrogens is 6. The van der Waals surface area contributed by atoms with E-state index < -0.39 is 29.5 Å². The number of nitriles is 1. The molecule has 1 aromatic carbocycles. The van der Waals surface area contributed by atoms with Crippen molar-refractivity contribution in [1.82, 2.24) is 45.4 Å². The normalized spacial score (nSPS) is 19.7. The topological polar surface area (TPSA) is 265 Å². The number of thiazole rings is 1. The number of aromatic hydroxyl groups is 1. The number of nitrogens with one attached hydrogen (secondary N) is 1. The van der Waals surface area contributed by atoms with Crippen LogP contribution in [0.25, 0.3) is 22.0 Å². The lowest BCUT2D eigenvalue weighted by Gasteiger charge is -2.37. The number of ether oxygens (including phenoxy) is 2. The van der Waals surface area contributed by atoms with Crippen LogP contribution in [-0.2, 0) is 16.0 Å². The number of benzene rings is 1. The zero-order valence-corrected chi connectivity index (χ0v) is 43.2. The maximum Gasteiger partial charge on any atom is 0.317 e. The lowest BCUT2D eigenvalue weighted by molar-refractivity contribution is -0.133. The first-order valence-electron chi connectivity index (χ1n) is 24.8. The Morgan fingerprint density at radius 2 is 1.88 bits per heavy atom. The number of hydrogen-bond acceptors (Lipinski definition) is 19. The number of β-amino-alcohol motifs (C(OH)–C–C–N with tert-alkyl or cyclic N) is 1. The summed E-state index contributed by atoms with van der Waals surface area (Å²) in [6.07, 6.45) is 7.40. The number of phenols is 1. The van der Waals surface area contributed by atoms with Crippen molar-refractivity contribution in [2.45, 2.75) is 109 Å². The summed E-state index contributed by atoms with van der Waals surface area (Å²) in [6, 6.07) is 7.92. The largest absolute Gasteiger partial charge is 0.508 e. The van der Waals surface area contributed by atoms with Crippen LogP contribution in [0.5, 0.6) is 17.6 Å². The van der Waals surface area contributed by atoms with Crippen molar-refractivity contribution in [2.75, 3.05) is 51.7 Å². The van der Waals surface area contributed by atoms with Gasteiger partial charge >= 0.3 is 6.01 Å². The SMILES string of the molecule is CC(C)C(C(=O)N1CCC(O)C1)c1cc(OCC2(F)CCN(CC3(COc4nccc(-c5noc(C6CCCc7sc(N)c(C#N)c76)n5)n4)CC3)CC2)no1.Cc1ncsc1-c1cc(O)c(C(C)NC=O)cc1F. The molecular formula is C51H59F2N11O8S2. The van der Waals surface area contributed by atoms with Gasteiger partial charge in [0.05, 0.1) is 46.3 Å². The van der Waals surface area contributed by atoms with Gasteiger partial charge in [-0.2, -0.15) is 15.2 Å². The fraction of sp³-hybridized carbons (Fsp3) is 0.510. The van der Waals surface area contributed by atoms with Crippen LogP contribution in [-0.4, -0.2) is 120 Å². The molecule has 74 heavy (non-hydrogen) atoms. The predicted octanol–water partition coefficient (Wildman–Crippen LogP) is 7.64. The highest BCUT2D eigenvalue weighted by molar-refractivity contribution is 7.16. The van der Waals surface area contributed by atoms with E-state index >= 15 is 4.39 Å². The Labute approximate surface area is 434 Å². The zero-order chi connectivity index (χ0) is 52.3. The van der Waals surface area contributed by atoms with E-state index in [1.54, 1.807) is 42.6 Å². The van der Waals surface area contributed by atoms with Crippen LogP contribution in [0, 0.1) is 35.4 Å². The number of anilines is 1. The summed E-state index contributed by atoms with van der Waals surface area (Å²) in [5.74, 6) is -0.120. The monoisotopic (exact) mass is 1060 g/mol. The summed E-state index contributed by atoms with van der Waals surface area (Å²) in [7, 11) is 0. The van der Waals surface area contributed by atoms with Crippen LogP contribution in [0.15, 0.2) is 45.0 Å². The predicted molar refractivity (Wildman–Crippen MR) is 269 cm³/mol. The van der Waals surface area contributed by atoms with Crippen molar-refractivity contribution in [1.29, 1.82) is 5.26 Å². The Balaban J connectivity index is 0.000000297. The number of alkyl halides is 1. The van der Waals surface area contributed by atoms with Crippen molar-refractivity contribution < 1.29 is 47.1 Å². The van der Waals surface area contributed by atoms with E-state index in [-0.39, 0.29) is 47.4 Å². The molecule has 2 amide bonds. The van der Waals surface area contributed by atoms with Crippen LogP contribution in [0.1, 0.15) is 123 Å². The molecule has 23 heteroatoms. The van der Waals surface area contributed by atoms with Crippen LogP contribution < -0.4 is 20.5 Å². The highest BCUT2D eigenvalue weighted by Gasteiger charge is 2.47. The van der Waals surface area contributed by atoms with Gasteiger partial charge in [-0.25, -0.2) is 18.7 Å². The zero-order valence-electron chi connectivity index (χ0n) is 41.6. The van der Waals surface area contributed by atoms with Gasteiger partial charge in [0.15, 0.2) is 5.76 Å². The van der Waals surface area contributed by atoms with Gasteiger partial charge in [-0.05, 0) is 100 Å². The maximum absolute atomic E-state index is 15.9. The van der Waals surface area contributed by atoms with E-state index in [0.29, 0.717) is 108 Å². The average Bonchev–Trinajstić information content (AvgIpc) is 4.02. The number of amides is 2. The highest BCUT2D eigenvalue weighted by Crippen LogP contribution is 2.48. The number of aliphatic hydroxyl groups excluding tert-OH is 1. The fourth-order valence-corrected chi connectivity index (χ4v) is 11.9. The first-order chi connectivity index (χ1) is 35.6. The first-order valence-corrected chi connectivity index (χ1v) is 26.5. The lowest BCUT2D eigenvalue weighted by Crippen LogP contribution is -2.47. The van der Waals surface area contributed by atoms with Crippen molar-refractivity contribution in [3.05, 3.63) is 80.7 Å². The smallest absolute Gasteiger partial charge is 0.317 e. The third kappa shape index (κ3) is 11.5. The van der Waals surface area contributed by atoms with Gasteiger partial charge in [-0.3, -0.25) is 9.59 Å². The summed E-state index contributed by atoms with van der Waals surface area (Å²) in [5.41, 5.74) is 9.45. The summed E-state index contributed by atoms with van der Waals surface area (Å²) < 4.78 is 53.2. The molecule has 0 radical (unpaired) electrons. The number of halogens is 2. The quantitative estimate of drug-likeness (QED) is 0.0639. The second-order valence-corrected chi connectivity index (χ2v) is 22.1.